The summed E-state index contributed by atoms with van der Waals surface area (Å²) in [6.07, 6.45) is 1.51. The van der Waals surface area contributed by atoms with Gasteiger partial charge in [-0.05, 0) is 37.6 Å². The third kappa shape index (κ3) is 2.87. The van der Waals surface area contributed by atoms with E-state index in [-0.39, 0.29) is 5.91 Å². The number of benzene rings is 1. The van der Waals surface area contributed by atoms with E-state index in [9.17, 15) is 4.79 Å². The van der Waals surface area contributed by atoms with Gasteiger partial charge in [-0.1, -0.05) is 29.3 Å². The molecule has 0 fully saturated rings. The highest BCUT2D eigenvalue weighted by Crippen LogP contribution is 2.17. The third-order valence-corrected chi connectivity index (χ3v) is 2.83. The van der Waals surface area contributed by atoms with Gasteiger partial charge in [0, 0.05) is 17.4 Å². The molecule has 3 nitrogen and oxygen atoms in total. The van der Waals surface area contributed by atoms with Crippen LogP contribution < -0.4 is 5.32 Å². The van der Waals surface area contributed by atoms with Crippen molar-refractivity contribution in [3.63, 3.8) is 0 Å². The molecule has 1 aromatic carbocycles. The van der Waals surface area contributed by atoms with Crippen molar-refractivity contribution in [3.8, 4) is 0 Å². The second-order valence-electron chi connectivity index (χ2n) is 4.14. The predicted molar refractivity (Wildman–Crippen MR) is 73.1 cm³/mol. The summed E-state index contributed by atoms with van der Waals surface area (Å²) in [5, 5.41) is 3.16. The molecule has 1 N–H and O–H groups in total. The Morgan fingerprint density at radius 3 is 2.67 bits per heavy atom. The number of aromatic nitrogens is 1. The van der Waals surface area contributed by atoms with Crippen molar-refractivity contribution in [3.05, 3.63) is 58.4 Å². The Labute approximate surface area is 111 Å². The van der Waals surface area contributed by atoms with Crippen LogP contribution in [0.2, 0.25) is 5.15 Å². The number of carbonyl (C=O) groups is 1. The van der Waals surface area contributed by atoms with E-state index in [2.05, 4.69) is 10.3 Å². The van der Waals surface area contributed by atoms with Crippen molar-refractivity contribution < 1.29 is 4.79 Å². The Balaban J connectivity index is 2.21. The summed E-state index contributed by atoms with van der Waals surface area (Å²) in [7, 11) is 0. The fourth-order valence-corrected chi connectivity index (χ4v) is 1.87. The van der Waals surface area contributed by atoms with E-state index in [1.165, 1.54) is 6.20 Å². The molecule has 0 saturated heterocycles. The molecule has 1 aromatic heterocycles. The van der Waals surface area contributed by atoms with Crippen molar-refractivity contribution in [1.82, 2.24) is 4.98 Å². The maximum Gasteiger partial charge on any atom is 0.255 e. The van der Waals surface area contributed by atoms with E-state index in [1.54, 1.807) is 12.1 Å². The molecule has 18 heavy (non-hydrogen) atoms. The highest BCUT2D eigenvalue weighted by Gasteiger charge is 2.08. The number of nitrogens with zero attached hydrogens (tertiary/aromatic N) is 1. The van der Waals surface area contributed by atoms with Crippen LogP contribution in [0.15, 0.2) is 36.5 Å². The average molecular weight is 261 g/mol. The summed E-state index contributed by atoms with van der Waals surface area (Å²) in [4.78, 5) is 15.8. The van der Waals surface area contributed by atoms with Crippen LogP contribution in [0.4, 0.5) is 5.69 Å². The summed E-state index contributed by atoms with van der Waals surface area (Å²) in [5.74, 6) is -0.189. The van der Waals surface area contributed by atoms with Gasteiger partial charge in [0.2, 0.25) is 0 Å². The lowest BCUT2D eigenvalue weighted by Gasteiger charge is -2.09. The molecule has 0 aliphatic rings. The standard InChI is InChI=1S/C14H13ClN2O/c1-9-3-4-12(10(2)7-9)17-14(18)11-5-6-16-13(15)8-11/h3-8H,1-2H3,(H,17,18). The monoisotopic (exact) mass is 260 g/mol. The van der Waals surface area contributed by atoms with Gasteiger partial charge in [0.25, 0.3) is 5.91 Å². The average Bonchev–Trinajstić information content (AvgIpc) is 2.32. The molecule has 0 unspecified atom stereocenters. The van der Waals surface area contributed by atoms with E-state index >= 15 is 0 Å². The Hall–Kier alpha value is -1.87. The highest BCUT2D eigenvalue weighted by molar-refractivity contribution is 6.29. The van der Waals surface area contributed by atoms with Crippen LogP contribution in [-0.2, 0) is 0 Å². The molecule has 0 atom stereocenters. The first-order chi connectivity index (χ1) is 8.56. The van der Waals surface area contributed by atoms with Gasteiger partial charge < -0.3 is 5.32 Å². The first-order valence-corrected chi connectivity index (χ1v) is 5.94. The van der Waals surface area contributed by atoms with Crippen molar-refractivity contribution >= 4 is 23.2 Å². The summed E-state index contributed by atoms with van der Waals surface area (Å²) >= 11 is 5.75. The van der Waals surface area contributed by atoms with Gasteiger partial charge in [-0.2, -0.15) is 0 Å². The molecule has 2 rings (SSSR count). The normalized spacial score (nSPS) is 10.2. The number of carbonyl (C=O) groups excluding carboxylic acids is 1. The molecule has 0 aliphatic carbocycles. The molecular formula is C14H13ClN2O. The van der Waals surface area contributed by atoms with Crippen LogP contribution in [0.5, 0.6) is 0 Å². The quantitative estimate of drug-likeness (QED) is 0.839. The second-order valence-corrected chi connectivity index (χ2v) is 4.53. The summed E-state index contributed by atoms with van der Waals surface area (Å²) in [6, 6.07) is 9.05. The first-order valence-electron chi connectivity index (χ1n) is 5.56. The smallest absolute Gasteiger partial charge is 0.255 e. The van der Waals surface area contributed by atoms with Gasteiger partial charge in [0.05, 0.1) is 0 Å². The van der Waals surface area contributed by atoms with Gasteiger partial charge in [0.15, 0.2) is 0 Å². The largest absolute Gasteiger partial charge is 0.322 e. The molecule has 0 radical (unpaired) electrons. The zero-order valence-corrected chi connectivity index (χ0v) is 11.0. The fourth-order valence-electron chi connectivity index (χ4n) is 1.69. The molecule has 0 bridgehead atoms. The maximum absolute atomic E-state index is 12.0. The van der Waals surface area contributed by atoms with Crippen LogP contribution in [0, 0.1) is 13.8 Å². The molecule has 1 amide bonds. The number of anilines is 1. The fraction of sp³-hybridized carbons (Fsp3) is 0.143. The highest BCUT2D eigenvalue weighted by atomic mass is 35.5. The Morgan fingerprint density at radius 1 is 1.22 bits per heavy atom. The number of aryl methyl sites for hydroxylation is 2. The van der Waals surface area contributed by atoms with Crippen LogP contribution in [0.1, 0.15) is 21.5 Å². The number of pyridine rings is 1. The Bertz CT molecular complexity index is 596. The van der Waals surface area contributed by atoms with Crippen molar-refractivity contribution in [2.45, 2.75) is 13.8 Å². The number of nitrogens with one attached hydrogen (secondary N) is 1. The molecule has 92 valence electrons. The summed E-state index contributed by atoms with van der Waals surface area (Å²) in [6.45, 7) is 3.98. The van der Waals surface area contributed by atoms with Gasteiger partial charge in [-0.3, -0.25) is 4.79 Å². The Kier molecular flexibility index (Phi) is 3.63. The zero-order valence-electron chi connectivity index (χ0n) is 10.2. The number of hydrogen-bond acceptors (Lipinski definition) is 2. The first kappa shape index (κ1) is 12.6. The SMILES string of the molecule is Cc1ccc(NC(=O)c2ccnc(Cl)c2)c(C)c1. The second kappa shape index (κ2) is 5.19. The van der Waals surface area contributed by atoms with Crippen molar-refractivity contribution in [2.75, 3.05) is 5.32 Å². The zero-order chi connectivity index (χ0) is 13.1. The summed E-state index contributed by atoms with van der Waals surface area (Å²) < 4.78 is 0. The van der Waals surface area contributed by atoms with E-state index in [0.29, 0.717) is 10.7 Å². The number of amides is 1. The maximum atomic E-state index is 12.0. The van der Waals surface area contributed by atoms with Gasteiger partial charge in [-0.15, -0.1) is 0 Å². The third-order valence-electron chi connectivity index (χ3n) is 2.62. The van der Waals surface area contributed by atoms with E-state index < -0.39 is 0 Å². The van der Waals surface area contributed by atoms with Crippen LogP contribution in [-0.4, -0.2) is 10.9 Å². The molecular weight excluding hydrogens is 248 g/mol. The molecule has 0 spiro atoms. The molecule has 2 aromatic rings. The molecule has 0 aliphatic heterocycles. The van der Waals surface area contributed by atoms with Gasteiger partial charge >= 0.3 is 0 Å². The lowest BCUT2D eigenvalue weighted by Crippen LogP contribution is -2.12. The van der Waals surface area contributed by atoms with Crippen molar-refractivity contribution in [1.29, 1.82) is 0 Å². The van der Waals surface area contributed by atoms with Gasteiger partial charge in [0.1, 0.15) is 5.15 Å². The summed E-state index contributed by atoms with van der Waals surface area (Å²) in [5.41, 5.74) is 3.49. The Morgan fingerprint density at radius 2 is 2.00 bits per heavy atom. The molecule has 4 heteroatoms. The van der Waals surface area contributed by atoms with E-state index in [0.717, 1.165) is 16.8 Å². The minimum Gasteiger partial charge on any atom is -0.322 e. The van der Waals surface area contributed by atoms with Crippen LogP contribution in [0.25, 0.3) is 0 Å². The van der Waals surface area contributed by atoms with Crippen LogP contribution >= 0.6 is 11.6 Å². The lowest BCUT2D eigenvalue weighted by molar-refractivity contribution is 0.102. The predicted octanol–water partition coefficient (Wildman–Crippen LogP) is 3.60. The van der Waals surface area contributed by atoms with E-state index in [4.69, 9.17) is 11.6 Å². The van der Waals surface area contributed by atoms with Gasteiger partial charge in [-0.25, -0.2) is 4.98 Å². The minimum atomic E-state index is -0.189. The van der Waals surface area contributed by atoms with Crippen molar-refractivity contribution in [2.24, 2.45) is 0 Å². The topological polar surface area (TPSA) is 42.0 Å². The molecule has 1 heterocycles. The minimum absolute atomic E-state index is 0.189. The number of hydrogen-bond donors (Lipinski definition) is 1. The molecule has 0 saturated carbocycles. The van der Waals surface area contributed by atoms with E-state index in [1.807, 2.05) is 32.0 Å². The van der Waals surface area contributed by atoms with Crippen LogP contribution in [0.3, 0.4) is 0 Å². The number of rotatable bonds is 2. The lowest BCUT2D eigenvalue weighted by atomic mass is 10.1. The number of halogens is 1.